The Morgan fingerprint density at radius 2 is 2.04 bits per heavy atom. The van der Waals surface area contributed by atoms with Crippen molar-refractivity contribution in [1.82, 2.24) is 15.1 Å². The molecule has 2 atom stereocenters. The van der Waals surface area contributed by atoms with Crippen molar-refractivity contribution in [1.29, 1.82) is 0 Å². The maximum Gasteiger partial charge on any atom is 0.319 e. The molecule has 0 aliphatic heterocycles. The van der Waals surface area contributed by atoms with Gasteiger partial charge < -0.3 is 10.6 Å². The van der Waals surface area contributed by atoms with Crippen molar-refractivity contribution in [2.45, 2.75) is 44.7 Å². The molecule has 3 rings (SSSR count). The summed E-state index contributed by atoms with van der Waals surface area (Å²) in [7, 11) is 0. The highest BCUT2D eigenvalue weighted by Gasteiger charge is 2.28. The lowest BCUT2D eigenvalue weighted by molar-refractivity contribution is 0.101. The number of nitrogens with zero attached hydrogens (tertiary/aromatic N) is 2. The molecule has 0 unspecified atom stereocenters. The van der Waals surface area contributed by atoms with Crippen molar-refractivity contribution in [3.05, 3.63) is 48.3 Å². The van der Waals surface area contributed by atoms with E-state index >= 15 is 0 Å². The fraction of sp³-hybridized carbons (Fsp3) is 0.389. The number of benzene rings is 1. The Labute approximate surface area is 141 Å². The number of aromatic nitrogens is 2. The Hall–Kier alpha value is -2.63. The van der Waals surface area contributed by atoms with E-state index in [9.17, 15) is 9.59 Å². The largest absolute Gasteiger partial charge is 0.333 e. The summed E-state index contributed by atoms with van der Waals surface area (Å²) >= 11 is 0. The van der Waals surface area contributed by atoms with E-state index in [0.29, 0.717) is 11.3 Å². The van der Waals surface area contributed by atoms with Gasteiger partial charge >= 0.3 is 6.03 Å². The third-order valence-electron chi connectivity index (χ3n) is 4.44. The van der Waals surface area contributed by atoms with Crippen LogP contribution in [0.15, 0.2) is 42.7 Å². The van der Waals surface area contributed by atoms with Gasteiger partial charge in [0.15, 0.2) is 5.78 Å². The minimum atomic E-state index is -0.250. The molecule has 6 nitrogen and oxygen atoms in total. The van der Waals surface area contributed by atoms with E-state index in [4.69, 9.17) is 0 Å². The SMILES string of the molecule is CC(=O)c1cccc(NC(=O)N[C@H]2CCCC[C@H]2n2cccn2)c1. The topological polar surface area (TPSA) is 76.0 Å². The molecule has 1 aliphatic rings. The van der Waals surface area contributed by atoms with Crippen molar-refractivity contribution < 1.29 is 9.59 Å². The monoisotopic (exact) mass is 326 g/mol. The fourth-order valence-corrected chi connectivity index (χ4v) is 3.22. The number of Topliss-reactive ketones (excluding diaryl/α,β-unsaturated/α-hetero) is 1. The molecule has 2 amide bonds. The van der Waals surface area contributed by atoms with Crippen LogP contribution in [0, 0.1) is 0 Å². The molecule has 2 aromatic rings. The van der Waals surface area contributed by atoms with E-state index in [1.54, 1.807) is 30.5 Å². The molecule has 126 valence electrons. The molecule has 1 saturated carbocycles. The van der Waals surface area contributed by atoms with Gasteiger partial charge in [-0.1, -0.05) is 25.0 Å². The summed E-state index contributed by atoms with van der Waals surface area (Å²) in [6.45, 7) is 1.51. The van der Waals surface area contributed by atoms with E-state index in [1.165, 1.54) is 6.92 Å². The molecule has 24 heavy (non-hydrogen) atoms. The highest BCUT2D eigenvalue weighted by atomic mass is 16.2. The highest BCUT2D eigenvalue weighted by Crippen LogP contribution is 2.28. The number of hydrogen-bond acceptors (Lipinski definition) is 3. The van der Waals surface area contributed by atoms with Gasteiger partial charge in [0.25, 0.3) is 0 Å². The third-order valence-corrected chi connectivity index (χ3v) is 4.44. The van der Waals surface area contributed by atoms with Crippen molar-refractivity contribution in [2.24, 2.45) is 0 Å². The maximum absolute atomic E-state index is 12.3. The fourth-order valence-electron chi connectivity index (χ4n) is 3.22. The Kier molecular flexibility index (Phi) is 4.93. The van der Waals surface area contributed by atoms with Crippen LogP contribution in [0.4, 0.5) is 10.5 Å². The van der Waals surface area contributed by atoms with Gasteiger partial charge in [-0.2, -0.15) is 5.10 Å². The Morgan fingerprint density at radius 3 is 2.79 bits per heavy atom. The van der Waals surface area contributed by atoms with Crippen LogP contribution in [0.5, 0.6) is 0 Å². The third kappa shape index (κ3) is 3.82. The molecule has 1 heterocycles. The van der Waals surface area contributed by atoms with Gasteiger partial charge in [-0.25, -0.2) is 4.79 Å². The molecular formula is C18H22N4O2. The molecule has 0 bridgehead atoms. The van der Waals surface area contributed by atoms with E-state index in [0.717, 1.165) is 25.7 Å². The average molecular weight is 326 g/mol. The molecule has 0 radical (unpaired) electrons. The van der Waals surface area contributed by atoms with E-state index in [2.05, 4.69) is 15.7 Å². The van der Waals surface area contributed by atoms with Crippen LogP contribution in [-0.4, -0.2) is 27.6 Å². The number of amides is 2. The smallest absolute Gasteiger partial charge is 0.319 e. The maximum atomic E-state index is 12.3. The van der Waals surface area contributed by atoms with Crippen LogP contribution in [0.2, 0.25) is 0 Å². The Morgan fingerprint density at radius 1 is 1.21 bits per heavy atom. The normalized spacial score (nSPS) is 20.4. The second kappa shape index (κ2) is 7.29. The number of carbonyl (C=O) groups is 2. The number of rotatable bonds is 4. The van der Waals surface area contributed by atoms with Gasteiger partial charge in [-0.15, -0.1) is 0 Å². The van der Waals surface area contributed by atoms with Gasteiger partial charge in [-0.3, -0.25) is 9.48 Å². The molecule has 0 spiro atoms. The van der Waals surface area contributed by atoms with Gasteiger partial charge in [0.05, 0.1) is 12.1 Å². The van der Waals surface area contributed by atoms with Crippen LogP contribution >= 0.6 is 0 Å². The number of ketones is 1. The molecule has 0 saturated heterocycles. The van der Waals surface area contributed by atoms with E-state index in [1.807, 2.05) is 16.9 Å². The molecule has 1 aromatic heterocycles. The van der Waals surface area contributed by atoms with Gasteiger partial charge in [0, 0.05) is 23.6 Å². The Bertz CT molecular complexity index is 712. The van der Waals surface area contributed by atoms with Crippen molar-refractivity contribution in [3.63, 3.8) is 0 Å². The zero-order chi connectivity index (χ0) is 16.9. The summed E-state index contributed by atoms with van der Waals surface area (Å²) in [5.41, 5.74) is 1.20. The lowest BCUT2D eigenvalue weighted by atomic mass is 9.90. The first-order chi connectivity index (χ1) is 11.6. The number of carbonyl (C=O) groups excluding carboxylic acids is 2. The zero-order valence-electron chi connectivity index (χ0n) is 13.7. The number of urea groups is 1. The van der Waals surface area contributed by atoms with Crippen LogP contribution in [0.25, 0.3) is 0 Å². The van der Waals surface area contributed by atoms with Crippen LogP contribution in [-0.2, 0) is 0 Å². The summed E-state index contributed by atoms with van der Waals surface area (Å²) < 4.78 is 1.93. The molecule has 6 heteroatoms. The predicted molar refractivity (Wildman–Crippen MR) is 92.1 cm³/mol. The number of hydrogen-bond donors (Lipinski definition) is 2. The van der Waals surface area contributed by atoms with Crippen LogP contribution in [0.1, 0.15) is 49.0 Å². The molecule has 1 aliphatic carbocycles. The first kappa shape index (κ1) is 16.2. The standard InChI is InChI=1S/C18H22N4O2/c1-13(23)14-6-4-7-15(12-14)20-18(24)21-16-8-2-3-9-17(16)22-11-5-10-19-22/h4-7,10-12,16-17H,2-3,8-9H2,1H3,(H2,20,21,24)/t16-,17+/m0/s1. The first-order valence-corrected chi connectivity index (χ1v) is 8.31. The summed E-state index contributed by atoms with van der Waals surface area (Å²) in [5.74, 6) is -0.0231. The van der Waals surface area contributed by atoms with E-state index in [-0.39, 0.29) is 23.9 Å². The summed E-state index contributed by atoms with van der Waals surface area (Å²) in [6.07, 6.45) is 7.89. The summed E-state index contributed by atoms with van der Waals surface area (Å²) in [5, 5.41) is 10.2. The number of anilines is 1. The first-order valence-electron chi connectivity index (χ1n) is 8.31. The summed E-state index contributed by atoms with van der Waals surface area (Å²) in [4.78, 5) is 23.8. The minimum Gasteiger partial charge on any atom is -0.333 e. The van der Waals surface area contributed by atoms with Crippen molar-refractivity contribution >= 4 is 17.5 Å². The van der Waals surface area contributed by atoms with Crippen LogP contribution in [0.3, 0.4) is 0 Å². The number of nitrogens with one attached hydrogen (secondary N) is 2. The van der Waals surface area contributed by atoms with Crippen molar-refractivity contribution in [3.8, 4) is 0 Å². The van der Waals surface area contributed by atoms with Gasteiger partial charge in [-0.05, 0) is 38.0 Å². The quantitative estimate of drug-likeness (QED) is 0.846. The zero-order valence-corrected chi connectivity index (χ0v) is 13.7. The lowest BCUT2D eigenvalue weighted by Gasteiger charge is -2.32. The molecular weight excluding hydrogens is 304 g/mol. The van der Waals surface area contributed by atoms with Gasteiger partial charge in [0.1, 0.15) is 0 Å². The molecule has 2 N–H and O–H groups in total. The second-order valence-corrected chi connectivity index (χ2v) is 6.18. The highest BCUT2D eigenvalue weighted by molar-refractivity contribution is 5.96. The average Bonchev–Trinajstić information content (AvgIpc) is 3.10. The lowest BCUT2D eigenvalue weighted by Crippen LogP contribution is -2.45. The molecule has 1 fully saturated rings. The van der Waals surface area contributed by atoms with E-state index < -0.39 is 0 Å². The Balaban J connectivity index is 1.65. The summed E-state index contributed by atoms with van der Waals surface area (Å²) in [6, 6.07) is 8.85. The minimum absolute atomic E-state index is 0.0231. The van der Waals surface area contributed by atoms with Crippen LogP contribution < -0.4 is 10.6 Å². The van der Waals surface area contributed by atoms with Gasteiger partial charge in [0.2, 0.25) is 0 Å². The molecule has 1 aromatic carbocycles. The van der Waals surface area contributed by atoms with Crippen molar-refractivity contribution in [2.75, 3.05) is 5.32 Å². The predicted octanol–water partition coefficient (Wildman–Crippen LogP) is 3.39. The second-order valence-electron chi connectivity index (χ2n) is 6.18.